The van der Waals surface area contributed by atoms with Crippen LogP contribution in [0.1, 0.15) is 25.5 Å². The van der Waals surface area contributed by atoms with Crippen LogP contribution in [-0.4, -0.2) is 31.7 Å². The van der Waals surface area contributed by atoms with E-state index in [1.54, 1.807) is 4.52 Å². The Morgan fingerprint density at radius 3 is 3.06 bits per heavy atom. The van der Waals surface area contributed by atoms with Gasteiger partial charge in [-0.1, -0.05) is 24.7 Å². The fourth-order valence-electron chi connectivity index (χ4n) is 1.56. The van der Waals surface area contributed by atoms with Gasteiger partial charge in [-0.05, 0) is 13.3 Å². The maximum absolute atomic E-state index is 11.0. The van der Waals surface area contributed by atoms with Gasteiger partial charge in [0.2, 0.25) is 10.1 Å². The Bertz CT molecular complexity index is 502. The molecule has 0 saturated carbocycles. The summed E-state index contributed by atoms with van der Waals surface area (Å²) in [6, 6.07) is -0.586. The predicted octanol–water partition coefficient (Wildman–Crippen LogP) is 1.76. The highest BCUT2D eigenvalue weighted by molar-refractivity contribution is 7.20. The molecule has 0 aliphatic rings. The summed E-state index contributed by atoms with van der Waals surface area (Å²) >= 11 is 1.36. The number of nitrogens with one attached hydrogen (secondary N) is 1. The van der Waals surface area contributed by atoms with Crippen LogP contribution in [0.25, 0.3) is 4.96 Å². The van der Waals surface area contributed by atoms with Gasteiger partial charge in [-0.15, -0.1) is 5.10 Å². The van der Waals surface area contributed by atoms with Crippen LogP contribution in [0.3, 0.4) is 0 Å². The molecule has 0 aliphatic heterocycles. The van der Waals surface area contributed by atoms with Crippen LogP contribution >= 0.6 is 11.3 Å². The number of hydrogen-bond donors (Lipinski definition) is 2. The van der Waals surface area contributed by atoms with E-state index in [1.807, 2.05) is 20.0 Å². The summed E-state index contributed by atoms with van der Waals surface area (Å²) in [5, 5.41) is 16.8. The Balaban J connectivity index is 2.16. The van der Waals surface area contributed by atoms with E-state index in [1.165, 1.54) is 11.3 Å². The number of aliphatic carboxylic acids is 1. The number of carboxylic acid groups (broad SMARTS) is 1. The fourth-order valence-corrected chi connectivity index (χ4v) is 2.44. The Morgan fingerprint density at radius 2 is 2.47 bits per heavy atom. The van der Waals surface area contributed by atoms with Gasteiger partial charge in [0.25, 0.3) is 0 Å². The van der Waals surface area contributed by atoms with Crippen LogP contribution < -0.4 is 5.32 Å². The quantitative estimate of drug-likeness (QED) is 0.850. The van der Waals surface area contributed by atoms with Crippen LogP contribution in [0.15, 0.2) is 6.20 Å². The molecule has 92 valence electrons. The first-order valence-corrected chi connectivity index (χ1v) is 6.24. The summed E-state index contributed by atoms with van der Waals surface area (Å²) in [6.07, 6.45) is 3.20. The fraction of sp³-hybridized carbons (Fsp3) is 0.500. The van der Waals surface area contributed by atoms with Crippen LogP contribution in [0.5, 0.6) is 0 Å². The van der Waals surface area contributed by atoms with E-state index in [-0.39, 0.29) is 0 Å². The normalized spacial score (nSPS) is 12.8. The Hall–Kier alpha value is -1.63. The van der Waals surface area contributed by atoms with Crippen molar-refractivity contribution in [3.63, 3.8) is 0 Å². The molecule has 7 heteroatoms. The molecule has 0 aliphatic carbocycles. The third-order valence-electron chi connectivity index (χ3n) is 2.34. The minimum Gasteiger partial charge on any atom is -0.480 e. The lowest BCUT2D eigenvalue weighted by atomic mass is 10.2. The lowest BCUT2D eigenvalue weighted by Gasteiger charge is -2.11. The number of rotatable bonds is 5. The number of aromatic nitrogens is 3. The number of nitrogens with zero attached hydrogens (tertiary/aromatic N) is 3. The van der Waals surface area contributed by atoms with E-state index < -0.39 is 12.0 Å². The molecule has 0 saturated heterocycles. The molecule has 0 amide bonds. The van der Waals surface area contributed by atoms with E-state index in [9.17, 15) is 4.79 Å². The molecule has 1 atom stereocenters. The van der Waals surface area contributed by atoms with Crippen molar-refractivity contribution in [3.8, 4) is 0 Å². The van der Waals surface area contributed by atoms with E-state index >= 15 is 0 Å². The average molecular weight is 254 g/mol. The zero-order valence-corrected chi connectivity index (χ0v) is 10.5. The van der Waals surface area contributed by atoms with Gasteiger partial charge in [0.1, 0.15) is 6.04 Å². The molecule has 0 radical (unpaired) electrons. The first-order chi connectivity index (χ1) is 8.10. The van der Waals surface area contributed by atoms with E-state index in [0.717, 1.165) is 17.1 Å². The second-order valence-electron chi connectivity index (χ2n) is 3.84. The van der Waals surface area contributed by atoms with Crippen molar-refractivity contribution in [2.45, 2.75) is 32.7 Å². The maximum Gasteiger partial charge on any atom is 0.326 e. The van der Waals surface area contributed by atoms with E-state index in [2.05, 4.69) is 15.4 Å². The predicted molar refractivity (Wildman–Crippen MR) is 65.6 cm³/mol. The van der Waals surface area contributed by atoms with E-state index in [4.69, 9.17) is 5.11 Å². The summed E-state index contributed by atoms with van der Waals surface area (Å²) < 4.78 is 1.66. The summed E-state index contributed by atoms with van der Waals surface area (Å²) in [5.74, 6) is -0.851. The SMILES string of the molecule is CCCC(Nc1nn2cc(C)nc2s1)C(=O)O. The minimum absolute atomic E-state index is 0.580. The molecule has 2 aromatic rings. The van der Waals surface area contributed by atoms with Gasteiger partial charge in [0.15, 0.2) is 0 Å². The number of anilines is 1. The Labute approximate surface area is 102 Å². The van der Waals surface area contributed by atoms with E-state index in [0.29, 0.717) is 11.6 Å². The maximum atomic E-state index is 11.0. The minimum atomic E-state index is -0.851. The van der Waals surface area contributed by atoms with Crippen LogP contribution in [-0.2, 0) is 4.79 Å². The number of carbonyl (C=O) groups is 1. The lowest BCUT2D eigenvalue weighted by molar-refractivity contribution is -0.138. The Morgan fingerprint density at radius 1 is 1.71 bits per heavy atom. The second kappa shape index (κ2) is 4.70. The molecule has 2 N–H and O–H groups in total. The summed E-state index contributed by atoms with van der Waals surface area (Å²) in [4.78, 5) is 16.0. The van der Waals surface area contributed by atoms with Crippen molar-refractivity contribution in [2.24, 2.45) is 0 Å². The molecule has 0 aromatic carbocycles. The highest BCUT2D eigenvalue weighted by Gasteiger charge is 2.18. The number of aryl methyl sites for hydroxylation is 1. The standard InChI is InChI=1S/C10H14N4O2S/c1-3-4-7(8(15)16)12-9-13-14-5-6(2)11-10(14)17-9/h5,7H,3-4H2,1-2H3,(H,12,13)(H,15,16). The zero-order valence-electron chi connectivity index (χ0n) is 9.67. The van der Waals surface area contributed by atoms with Crippen molar-refractivity contribution in [3.05, 3.63) is 11.9 Å². The summed E-state index contributed by atoms with van der Waals surface area (Å²) in [5.41, 5.74) is 0.902. The summed E-state index contributed by atoms with van der Waals surface area (Å²) in [7, 11) is 0. The Kier molecular flexibility index (Phi) is 3.28. The monoisotopic (exact) mass is 254 g/mol. The molecule has 0 spiro atoms. The molecule has 6 nitrogen and oxygen atoms in total. The second-order valence-corrected chi connectivity index (χ2v) is 4.80. The number of fused-ring (bicyclic) bond motifs is 1. The van der Waals surface area contributed by atoms with Gasteiger partial charge in [-0.3, -0.25) is 0 Å². The van der Waals surface area contributed by atoms with Crippen molar-refractivity contribution in [2.75, 3.05) is 5.32 Å². The van der Waals surface area contributed by atoms with Crippen molar-refractivity contribution >= 4 is 27.4 Å². The van der Waals surface area contributed by atoms with Crippen LogP contribution in [0.2, 0.25) is 0 Å². The lowest BCUT2D eigenvalue weighted by Crippen LogP contribution is -2.28. The third-order valence-corrected chi connectivity index (χ3v) is 3.19. The molecular weight excluding hydrogens is 240 g/mol. The molecule has 2 rings (SSSR count). The van der Waals surface area contributed by atoms with Crippen molar-refractivity contribution in [1.29, 1.82) is 0 Å². The van der Waals surface area contributed by atoms with Gasteiger partial charge in [-0.2, -0.15) is 0 Å². The van der Waals surface area contributed by atoms with Gasteiger partial charge in [0, 0.05) is 0 Å². The van der Waals surface area contributed by atoms with Gasteiger partial charge >= 0.3 is 5.97 Å². The van der Waals surface area contributed by atoms with Crippen LogP contribution in [0.4, 0.5) is 5.13 Å². The molecular formula is C10H14N4O2S. The third kappa shape index (κ3) is 2.55. The molecule has 2 heterocycles. The van der Waals surface area contributed by atoms with Crippen LogP contribution in [0, 0.1) is 6.92 Å². The molecule has 17 heavy (non-hydrogen) atoms. The van der Waals surface area contributed by atoms with Crippen molar-refractivity contribution in [1.82, 2.24) is 14.6 Å². The largest absolute Gasteiger partial charge is 0.480 e. The first kappa shape index (κ1) is 11.8. The molecule has 2 aromatic heterocycles. The molecule has 0 fully saturated rings. The topological polar surface area (TPSA) is 79.5 Å². The number of hydrogen-bond acceptors (Lipinski definition) is 5. The number of imidazole rings is 1. The van der Waals surface area contributed by atoms with Gasteiger partial charge in [0.05, 0.1) is 11.9 Å². The summed E-state index contributed by atoms with van der Waals surface area (Å²) in [6.45, 7) is 3.85. The zero-order chi connectivity index (χ0) is 12.4. The first-order valence-electron chi connectivity index (χ1n) is 5.42. The van der Waals surface area contributed by atoms with Crippen molar-refractivity contribution < 1.29 is 9.90 Å². The van der Waals surface area contributed by atoms with Gasteiger partial charge < -0.3 is 10.4 Å². The highest BCUT2D eigenvalue weighted by Crippen LogP contribution is 2.20. The smallest absolute Gasteiger partial charge is 0.326 e. The molecule has 0 bridgehead atoms. The van der Waals surface area contributed by atoms with Gasteiger partial charge in [-0.25, -0.2) is 14.3 Å². The number of carboxylic acids is 1. The average Bonchev–Trinajstić information content (AvgIpc) is 2.73. The molecule has 1 unspecified atom stereocenters. The highest BCUT2D eigenvalue weighted by atomic mass is 32.1.